The van der Waals surface area contributed by atoms with Gasteiger partial charge in [-0.25, -0.2) is 0 Å². The highest BCUT2D eigenvalue weighted by Crippen LogP contribution is 2.24. The van der Waals surface area contributed by atoms with Crippen LogP contribution in [-0.2, 0) is 27.8 Å². The standard InChI is InChI=1S/C14H22N2O3S/c1-3-12-6-5-7-13(4-2)14(12)15-20(17,18)16-8-10-19-11-9-16/h5-7,15H,3-4,8-11H2,1-2H3. The molecule has 1 heterocycles. The van der Waals surface area contributed by atoms with Crippen molar-refractivity contribution in [3.8, 4) is 0 Å². The lowest BCUT2D eigenvalue weighted by Crippen LogP contribution is -2.43. The molecule has 0 aromatic heterocycles. The summed E-state index contributed by atoms with van der Waals surface area (Å²) in [6.07, 6.45) is 1.60. The van der Waals surface area contributed by atoms with E-state index in [2.05, 4.69) is 4.72 Å². The lowest BCUT2D eigenvalue weighted by atomic mass is 10.0. The highest BCUT2D eigenvalue weighted by atomic mass is 32.2. The Hall–Kier alpha value is -1.11. The average Bonchev–Trinajstić information content (AvgIpc) is 2.48. The minimum Gasteiger partial charge on any atom is -0.379 e. The lowest BCUT2D eigenvalue weighted by Gasteiger charge is -2.27. The van der Waals surface area contributed by atoms with E-state index in [1.54, 1.807) is 0 Å². The Morgan fingerprint density at radius 1 is 1.15 bits per heavy atom. The summed E-state index contributed by atoms with van der Waals surface area (Å²) in [5.74, 6) is 0. The molecule has 1 aliphatic rings. The summed E-state index contributed by atoms with van der Waals surface area (Å²) in [5, 5.41) is 0. The van der Waals surface area contributed by atoms with Crippen molar-refractivity contribution in [1.82, 2.24) is 4.31 Å². The second kappa shape index (κ2) is 6.56. The first-order valence-corrected chi connectivity index (χ1v) is 8.49. The molecule has 2 rings (SSSR count). The van der Waals surface area contributed by atoms with Gasteiger partial charge in [0.1, 0.15) is 0 Å². The Bertz CT molecular complexity index is 529. The molecule has 1 aliphatic heterocycles. The lowest BCUT2D eigenvalue weighted by molar-refractivity contribution is 0.0733. The SMILES string of the molecule is CCc1cccc(CC)c1NS(=O)(=O)N1CCOCC1. The number of para-hydroxylation sites is 1. The van der Waals surface area contributed by atoms with E-state index in [9.17, 15) is 8.42 Å². The fraction of sp³-hybridized carbons (Fsp3) is 0.571. The van der Waals surface area contributed by atoms with Gasteiger partial charge in [0.15, 0.2) is 0 Å². The molecule has 0 amide bonds. The maximum absolute atomic E-state index is 12.5. The Morgan fingerprint density at radius 3 is 2.20 bits per heavy atom. The molecule has 0 saturated carbocycles. The van der Waals surface area contributed by atoms with E-state index >= 15 is 0 Å². The van der Waals surface area contributed by atoms with Crippen LogP contribution in [0.2, 0.25) is 0 Å². The number of anilines is 1. The van der Waals surface area contributed by atoms with Crippen LogP contribution in [0.5, 0.6) is 0 Å². The summed E-state index contributed by atoms with van der Waals surface area (Å²) in [5.41, 5.74) is 2.80. The number of morpholine rings is 1. The van der Waals surface area contributed by atoms with Crippen molar-refractivity contribution in [2.75, 3.05) is 31.0 Å². The maximum atomic E-state index is 12.5. The molecule has 1 aromatic rings. The molecule has 0 aliphatic carbocycles. The molecule has 0 atom stereocenters. The van der Waals surface area contributed by atoms with E-state index in [0.29, 0.717) is 26.3 Å². The van der Waals surface area contributed by atoms with Gasteiger partial charge < -0.3 is 4.74 Å². The zero-order chi connectivity index (χ0) is 14.6. The normalized spacial score (nSPS) is 17.1. The molecule has 112 valence electrons. The van der Waals surface area contributed by atoms with Crippen LogP contribution < -0.4 is 4.72 Å². The highest BCUT2D eigenvalue weighted by Gasteiger charge is 2.25. The van der Waals surface area contributed by atoms with Gasteiger partial charge in [0.05, 0.1) is 18.9 Å². The molecular formula is C14H22N2O3S. The largest absolute Gasteiger partial charge is 0.379 e. The number of aryl methyl sites for hydroxylation is 2. The van der Waals surface area contributed by atoms with Crippen molar-refractivity contribution in [2.24, 2.45) is 0 Å². The first-order valence-electron chi connectivity index (χ1n) is 7.05. The molecule has 0 unspecified atom stereocenters. The highest BCUT2D eigenvalue weighted by molar-refractivity contribution is 7.90. The first-order chi connectivity index (χ1) is 9.58. The molecule has 0 spiro atoms. The summed E-state index contributed by atoms with van der Waals surface area (Å²) < 4.78 is 34.3. The summed E-state index contributed by atoms with van der Waals surface area (Å²) in [6.45, 7) is 5.78. The molecule has 0 radical (unpaired) electrons. The zero-order valence-electron chi connectivity index (χ0n) is 12.1. The summed E-state index contributed by atoms with van der Waals surface area (Å²) in [6, 6.07) is 5.91. The van der Waals surface area contributed by atoms with E-state index in [-0.39, 0.29) is 0 Å². The Balaban J connectivity index is 2.28. The quantitative estimate of drug-likeness (QED) is 0.902. The zero-order valence-corrected chi connectivity index (χ0v) is 12.9. The molecule has 20 heavy (non-hydrogen) atoms. The Morgan fingerprint density at radius 2 is 1.70 bits per heavy atom. The van der Waals surface area contributed by atoms with Crippen LogP contribution in [0, 0.1) is 0 Å². The van der Waals surface area contributed by atoms with Gasteiger partial charge in [-0.2, -0.15) is 12.7 Å². The second-order valence-corrected chi connectivity index (χ2v) is 6.45. The molecule has 0 bridgehead atoms. The van der Waals surface area contributed by atoms with Gasteiger partial charge in [0.25, 0.3) is 0 Å². The van der Waals surface area contributed by atoms with Crippen LogP contribution in [0.4, 0.5) is 5.69 Å². The van der Waals surface area contributed by atoms with Crippen LogP contribution in [0.1, 0.15) is 25.0 Å². The number of hydrogen-bond donors (Lipinski definition) is 1. The van der Waals surface area contributed by atoms with Gasteiger partial charge in [-0.05, 0) is 24.0 Å². The van der Waals surface area contributed by atoms with Crippen molar-refractivity contribution >= 4 is 15.9 Å². The third-order valence-electron chi connectivity index (χ3n) is 3.54. The van der Waals surface area contributed by atoms with Crippen molar-refractivity contribution < 1.29 is 13.2 Å². The first kappa shape index (κ1) is 15.3. The monoisotopic (exact) mass is 298 g/mol. The molecule has 1 fully saturated rings. The molecule has 1 N–H and O–H groups in total. The van der Waals surface area contributed by atoms with Crippen LogP contribution >= 0.6 is 0 Å². The number of ether oxygens (including phenoxy) is 1. The second-order valence-electron chi connectivity index (χ2n) is 4.78. The number of nitrogens with one attached hydrogen (secondary N) is 1. The van der Waals surface area contributed by atoms with Crippen LogP contribution in [0.15, 0.2) is 18.2 Å². The predicted octanol–water partition coefficient (Wildman–Crippen LogP) is 1.80. The predicted molar refractivity (Wildman–Crippen MR) is 80.1 cm³/mol. The minimum absolute atomic E-state index is 0.408. The third kappa shape index (κ3) is 3.31. The fourth-order valence-electron chi connectivity index (χ4n) is 2.35. The van der Waals surface area contributed by atoms with Gasteiger partial charge in [-0.3, -0.25) is 4.72 Å². The third-order valence-corrected chi connectivity index (χ3v) is 5.05. The average molecular weight is 298 g/mol. The Labute approximate surface area is 121 Å². The van der Waals surface area contributed by atoms with Crippen LogP contribution in [0.25, 0.3) is 0 Å². The van der Waals surface area contributed by atoms with Crippen molar-refractivity contribution in [3.63, 3.8) is 0 Å². The smallest absolute Gasteiger partial charge is 0.301 e. The van der Waals surface area contributed by atoms with E-state index in [4.69, 9.17) is 4.74 Å². The van der Waals surface area contributed by atoms with Crippen LogP contribution in [0.3, 0.4) is 0 Å². The van der Waals surface area contributed by atoms with Crippen molar-refractivity contribution in [3.05, 3.63) is 29.3 Å². The molecule has 6 heteroatoms. The number of nitrogens with zero attached hydrogens (tertiary/aromatic N) is 1. The van der Waals surface area contributed by atoms with Gasteiger partial charge in [0, 0.05) is 13.1 Å². The van der Waals surface area contributed by atoms with E-state index < -0.39 is 10.2 Å². The maximum Gasteiger partial charge on any atom is 0.301 e. The van der Waals surface area contributed by atoms with E-state index in [0.717, 1.165) is 29.7 Å². The molecule has 1 aromatic carbocycles. The molecule has 5 nitrogen and oxygen atoms in total. The van der Waals surface area contributed by atoms with E-state index in [1.165, 1.54) is 4.31 Å². The minimum atomic E-state index is -3.50. The topological polar surface area (TPSA) is 58.6 Å². The molecular weight excluding hydrogens is 276 g/mol. The number of rotatable bonds is 5. The number of benzene rings is 1. The summed E-state index contributed by atoms with van der Waals surface area (Å²) >= 11 is 0. The van der Waals surface area contributed by atoms with Crippen LogP contribution in [-0.4, -0.2) is 39.0 Å². The van der Waals surface area contributed by atoms with Crippen molar-refractivity contribution in [2.45, 2.75) is 26.7 Å². The van der Waals surface area contributed by atoms with Crippen molar-refractivity contribution in [1.29, 1.82) is 0 Å². The fourth-order valence-corrected chi connectivity index (χ4v) is 3.63. The Kier molecular flexibility index (Phi) is 5.01. The van der Waals surface area contributed by atoms with Gasteiger partial charge in [-0.1, -0.05) is 32.0 Å². The van der Waals surface area contributed by atoms with Gasteiger partial charge in [-0.15, -0.1) is 0 Å². The summed E-state index contributed by atoms with van der Waals surface area (Å²) in [7, 11) is -3.50. The van der Waals surface area contributed by atoms with Gasteiger partial charge in [0.2, 0.25) is 0 Å². The molecule has 1 saturated heterocycles. The van der Waals surface area contributed by atoms with E-state index in [1.807, 2.05) is 32.0 Å². The number of hydrogen-bond acceptors (Lipinski definition) is 3. The summed E-state index contributed by atoms with van der Waals surface area (Å²) in [4.78, 5) is 0. The van der Waals surface area contributed by atoms with Gasteiger partial charge >= 0.3 is 10.2 Å².